The van der Waals surface area contributed by atoms with Gasteiger partial charge in [0, 0.05) is 9.81 Å². The number of benzene rings is 2. The van der Waals surface area contributed by atoms with E-state index in [0.717, 1.165) is 24.3 Å². The Hall–Kier alpha value is -1.54. The first-order chi connectivity index (χ1) is 11.0. The van der Waals surface area contributed by atoms with Crippen molar-refractivity contribution in [2.45, 2.75) is 12.4 Å². The van der Waals surface area contributed by atoms with Gasteiger partial charge in [-0.2, -0.15) is 26.3 Å². The molecule has 128 valence electrons. The quantitative estimate of drug-likeness (QED) is 0.336. The summed E-state index contributed by atoms with van der Waals surface area (Å²) in [7, 11) is 0. The number of halogens is 6. The van der Waals surface area contributed by atoms with Gasteiger partial charge in [-0.25, -0.2) is 0 Å². The van der Waals surface area contributed by atoms with Crippen LogP contribution in [0.5, 0.6) is 0 Å². The Labute approximate surface area is 145 Å². The zero-order chi connectivity index (χ0) is 18.1. The van der Waals surface area contributed by atoms with Gasteiger partial charge >= 0.3 is 12.4 Å². The number of hydrogen-bond donors (Lipinski definition) is 2. The fourth-order valence-electron chi connectivity index (χ4n) is 1.91. The van der Waals surface area contributed by atoms with Gasteiger partial charge in [-0.1, -0.05) is 24.3 Å². The maximum Gasteiger partial charge on any atom is 0.416 e. The summed E-state index contributed by atoms with van der Waals surface area (Å²) >= 11 is 8.43. The van der Waals surface area contributed by atoms with Crippen molar-refractivity contribution >= 4 is 35.1 Å². The largest absolute Gasteiger partial charge is 0.416 e. The molecule has 2 aromatic rings. The van der Waals surface area contributed by atoms with Crippen molar-refractivity contribution in [3.63, 3.8) is 0 Å². The second kappa shape index (κ2) is 6.76. The topological polar surface area (TPSA) is 0 Å². The first-order valence-electron chi connectivity index (χ1n) is 6.47. The first kappa shape index (κ1) is 18.8. The van der Waals surface area contributed by atoms with Gasteiger partial charge in [0.15, 0.2) is 0 Å². The Morgan fingerprint density at radius 2 is 0.792 bits per heavy atom. The molecular weight excluding hydrogens is 370 g/mol. The number of rotatable bonds is 2. The molecule has 0 spiro atoms. The van der Waals surface area contributed by atoms with Gasteiger partial charge in [0.05, 0.1) is 11.1 Å². The zero-order valence-corrected chi connectivity index (χ0v) is 13.6. The fourth-order valence-corrected chi connectivity index (χ4v) is 2.46. The van der Waals surface area contributed by atoms with Crippen molar-refractivity contribution in [1.82, 2.24) is 0 Å². The molecule has 0 unspecified atom stereocenters. The first-order valence-corrected chi connectivity index (χ1v) is 7.37. The minimum Gasteiger partial charge on any atom is -0.166 e. The van der Waals surface area contributed by atoms with Crippen molar-refractivity contribution in [2.24, 2.45) is 0 Å². The van der Waals surface area contributed by atoms with E-state index in [0.29, 0.717) is 11.1 Å². The third-order valence-electron chi connectivity index (χ3n) is 3.20. The van der Waals surface area contributed by atoms with Crippen LogP contribution in [-0.4, -0.2) is 0 Å². The molecule has 0 aliphatic carbocycles. The maximum absolute atomic E-state index is 12.5. The Kier molecular flexibility index (Phi) is 5.29. The van der Waals surface area contributed by atoms with E-state index in [1.54, 1.807) is 0 Å². The van der Waals surface area contributed by atoms with Gasteiger partial charge < -0.3 is 0 Å². The Balaban J connectivity index is 2.33. The summed E-state index contributed by atoms with van der Waals surface area (Å²) in [6, 6.07) is 8.52. The van der Waals surface area contributed by atoms with Gasteiger partial charge in [0.1, 0.15) is 0 Å². The molecular formula is C16H10F6S2. The summed E-state index contributed by atoms with van der Waals surface area (Å²) in [5.74, 6) is 0. The highest BCUT2D eigenvalue weighted by atomic mass is 32.1. The Morgan fingerprint density at radius 1 is 0.542 bits per heavy atom. The molecule has 0 aliphatic heterocycles. The van der Waals surface area contributed by atoms with E-state index in [1.807, 2.05) is 0 Å². The van der Waals surface area contributed by atoms with Crippen molar-refractivity contribution < 1.29 is 26.3 Å². The zero-order valence-electron chi connectivity index (χ0n) is 11.8. The Bertz CT molecular complexity index is 675. The molecule has 24 heavy (non-hydrogen) atoms. The van der Waals surface area contributed by atoms with Crippen LogP contribution >= 0.6 is 25.3 Å². The SMILES string of the molecule is FC(F)(F)c1ccc(/C(S)=C(\S)c2ccc(C(F)(F)F)cc2)cc1. The minimum absolute atomic E-state index is 0.256. The van der Waals surface area contributed by atoms with Crippen LogP contribution < -0.4 is 0 Å². The van der Waals surface area contributed by atoms with E-state index >= 15 is 0 Å². The highest BCUT2D eigenvalue weighted by Gasteiger charge is 2.31. The predicted molar refractivity (Wildman–Crippen MR) is 87.7 cm³/mol. The van der Waals surface area contributed by atoms with E-state index < -0.39 is 23.5 Å². The van der Waals surface area contributed by atoms with Crippen LogP contribution in [-0.2, 0) is 12.4 Å². The summed E-state index contributed by atoms with van der Waals surface area (Å²) in [5, 5.41) is 0. The van der Waals surface area contributed by atoms with Gasteiger partial charge in [-0.05, 0) is 35.4 Å². The predicted octanol–water partition coefficient (Wildman–Crippen LogP) is 6.41. The monoisotopic (exact) mass is 380 g/mol. The summed E-state index contributed by atoms with van der Waals surface area (Å²) in [4.78, 5) is 0.513. The highest BCUT2D eigenvalue weighted by molar-refractivity contribution is 7.96. The molecule has 0 saturated heterocycles. The molecule has 0 saturated carbocycles. The van der Waals surface area contributed by atoms with Crippen LogP contribution in [0.4, 0.5) is 26.3 Å². The normalized spacial score (nSPS) is 13.7. The molecule has 8 heteroatoms. The van der Waals surface area contributed by atoms with Crippen LogP contribution in [0.15, 0.2) is 48.5 Å². The van der Waals surface area contributed by atoms with Crippen LogP contribution in [0, 0.1) is 0 Å². The van der Waals surface area contributed by atoms with Crippen LogP contribution in [0.3, 0.4) is 0 Å². The fraction of sp³-hybridized carbons (Fsp3) is 0.125. The van der Waals surface area contributed by atoms with E-state index in [4.69, 9.17) is 0 Å². The number of alkyl halides is 6. The molecule has 0 atom stereocenters. The average Bonchev–Trinajstić information content (AvgIpc) is 2.52. The van der Waals surface area contributed by atoms with Gasteiger partial charge in [0.2, 0.25) is 0 Å². The molecule has 2 rings (SSSR count). The van der Waals surface area contributed by atoms with Crippen molar-refractivity contribution in [1.29, 1.82) is 0 Å². The van der Waals surface area contributed by atoms with E-state index in [1.165, 1.54) is 24.3 Å². The molecule has 0 aromatic heterocycles. The summed E-state index contributed by atoms with van der Waals surface area (Å²) in [6.07, 6.45) is -8.90. The third kappa shape index (κ3) is 4.30. The molecule has 0 radical (unpaired) electrons. The van der Waals surface area contributed by atoms with Crippen LogP contribution in [0.25, 0.3) is 9.81 Å². The maximum atomic E-state index is 12.5. The lowest BCUT2D eigenvalue weighted by molar-refractivity contribution is -0.138. The second-order valence-electron chi connectivity index (χ2n) is 4.85. The molecule has 0 fully saturated rings. The minimum atomic E-state index is -4.45. The molecule has 0 aliphatic rings. The summed E-state index contributed by atoms with van der Waals surface area (Å²) in [6.45, 7) is 0. The summed E-state index contributed by atoms with van der Waals surface area (Å²) in [5.41, 5.74) is -0.863. The van der Waals surface area contributed by atoms with Gasteiger partial charge in [0.25, 0.3) is 0 Å². The lowest BCUT2D eigenvalue weighted by Crippen LogP contribution is -2.04. The molecule has 0 heterocycles. The van der Waals surface area contributed by atoms with Crippen LogP contribution in [0.2, 0.25) is 0 Å². The van der Waals surface area contributed by atoms with E-state index in [-0.39, 0.29) is 9.81 Å². The van der Waals surface area contributed by atoms with Crippen molar-refractivity contribution in [3.05, 3.63) is 70.8 Å². The van der Waals surface area contributed by atoms with Gasteiger partial charge in [-0.15, -0.1) is 25.3 Å². The molecule has 0 bridgehead atoms. The lowest BCUT2D eigenvalue weighted by atomic mass is 10.1. The number of hydrogen-bond acceptors (Lipinski definition) is 2. The standard InChI is InChI=1S/C16H10F6S2/c17-15(18,19)11-5-1-9(2-6-11)13(23)14(24)10-3-7-12(8-4-10)16(20,21)22/h1-8,23-24H/b14-13+. The average molecular weight is 380 g/mol. The number of thiol groups is 2. The van der Waals surface area contributed by atoms with E-state index in [2.05, 4.69) is 25.3 Å². The molecule has 2 aromatic carbocycles. The Morgan fingerprint density at radius 3 is 1.00 bits per heavy atom. The van der Waals surface area contributed by atoms with Crippen LogP contribution in [0.1, 0.15) is 22.3 Å². The molecule has 0 amide bonds. The van der Waals surface area contributed by atoms with Gasteiger partial charge in [-0.3, -0.25) is 0 Å². The second-order valence-corrected chi connectivity index (χ2v) is 5.74. The lowest BCUT2D eigenvalue weighted by Gasteiger charge is -2.11. The molecule has 0 N–H and O–H groups in total. The van der Waals surface area contributed by atoms with Crippen molar-refractivity contribution in [2.75, 3.05) is 0 Å². The highest BCUT2D eigenvalue weighted by Crippen LogP contribution is 2.36. The third-order valence-corrected chi connectivity index (χ3v) is 4.34. The smallest absolute Gasteiger partial charge is 0.166 e. The molecule has 0 nitrogen and oxygen atoms in total. The van der Waals surface area contributed by atoms with Crippen molar-refractivity contribution in [3.8, 4) is 0 Å². The summed E-state index contributed by atoms with van der Waals surface area (Å²) < 4.78 is 75.2. The van der Waals surface area contributed by atoms with E-state index in [9.17, 15) is 26.3 Å².